The van der Waals surface area contributed by atoms with Gasteiger partial charge in [0.2, 0.25) is 0 Å². The quantitative estimate of drug-likeness (QED) is 0.360. The van der Waals surface area contributed by atoms with Gasteiger partial charge in [-0.25, -0.2) is 4.39 Å². The molecule has 0 N–H and O–H groups in total. The molecule has 3 rings (SSSR count). The van der Waals surface area contributed by atoms with Gasteiger partial charge in [0.15, 0.2) is 0 Å². The van der Waals surface area contributed by atoms with E-state index in [9.17, 15) is 17.6 Å². The Kier molecular flexibility index (Phi) is 5.25. The molecule has 1 aromatic heterocycles. The molecular formula is C21H19F4N. The molecule has 136 valence electrons. The number of pyridine rings is 1. The molecule has 2 aromatic carbocycles. The second kappa shape index (κ2) is 7.44. The highest BCUT2D eigenvalue weighted by molar-refractivity contribution is 5.95. The monoisotopic (exact) mass is 361 g/mol. The zero-order chi connectivity index (χ0) is 18.7. The van der Waals surface area contributed by atoms with Crippen molar-refractivity contribution in [1.82, 2.24) is 4.98 Å². The lowest BCUT2D eigenvalue weighted by molar-refractivity contribution is -0.138. The van der Waals surface area contributed by atoms with Crippen LogP contribution in [0.3, 0.4) is 0 Å². The average Bonchev–Trinajstić information content (AvgIpc) is 2.61. The van der Waals surface area contributed by atoms with Crippen molar-refractivity contribution < 1.29 is 17.6 Å². The number of rotatable bonds is 5. The van der Waals surface area contributed by atoms with Crippen LogP contribution in [0.1, 0.15) is 37.3 Å². The maximum absolute atomic E-state index is 14.3. The molecule has 0 atom stereocenters. The van der Waals surface area contributed by atoms with Gasteiger partial charge in [0.1, 0.15) is 5.82 Å². The summed E-state index contributed by atoms with van der Waals surface area (Å²) in [5, 5.41) is 0.997. The number of aromatic nitrogens is 1. The van der Waals surface area contributed by atoms with Crippen molar-refractivity contribution in [2.45, 2.75) is 38.8 Å². The summed E-state index contributed by atoms with van der Waals surface area (Å²) in [4.78, 5) is 4.25. The van der Waals surface area contributed by atoms with Crippen molar-refractivity contribution in [2.24, 2.45) is 0 Å². The van der Waals surface area contributed by atoms with E-state index in [1.54, 1.807) is 24.4 Å². The first-order chi connectivity index (χ1) is 12.4. The van der Waals surface area contributed by atoms with Crippen molar-refractivity contribution in [3.63, 3.8) is 0 Å². The molecule has 0 radical (unpaired) electrons. The minimum absolute atomic E-state index is 0.235. The number of hydrogen-bond donors (Lipinski definition) is 0. The second-order valence-corrected chi connectivity index (χ2v) is 6.32. The summed E-state index contributed by atoms with van der Waals surface area (Å²) < 4.78 is 54.3. The molecule has 5 heteroatoms. The summed E-state index contributed by atoms with van der Waals surface area (Å²) in [6.07, 6.45) is -0.0486. The molecule has 1 nitrogen and oxygen atoms in total. The van der Waals surface area contributed by atoms with E-state index >= 15 is 0 Å². The lowest BCUT2D eigenvalue weighted by atomic mass is 9.95. The van der Waals surface area contributed by atoms with Crippen LogP contribution in [-0.4, -0.2) is 4.98 Å². The van der Waals surface area contributed by atoms with Crippen LogP contribution in [0, 0.1) is 5.82 Å². The van der Waals surface area contributed by atoms with Crippen LogP contribution in [0.4, 0.5) is 17.6 Å². The number of fused-ring (bicyclic) bond motifs is 1. The third-order valence-electron chi connectivity index (χ3n) is 4.47. The number of aryl methyl sites for hydroxylation is 1. The molecule has 0 aliphatic heterocycles. The van der Waals surface area contributed by atoms with Crippen LogP contribution in [0.15, 0.2) is 48.7 Å². The van der Waals surface area contributed by atoms with Gasteiger partial charge in [-0.1, -0.05) is 38.0 Å². The SMILES string of the molecule is CCCCCc1cc(-c2nccc3cccc(F)c23)ccc1C(F)(F)F. The van der Waals surface area contributed by atoms with Crippen LogP contribution in [0.25, 0.3) is 22.0 Å². The first kappa shape index (κ1) is 18.4. The Labute approximate surface area is 149 Å². The van der Waals surface area contributed by atoms with Crippen molar-refractivity contribution >= 4 is 10.8 Å². The summed E-state index contributed by atoms with van der Waals surface area (Å²) in [7, 11) is 0. The molecule has 26 heavy (non-hydrogen) atoms. The standard InChI is InChI=1S/C21H19F4N/c1-2-3-4-6-15-13-16(9-10-17(15)21(23,24)25)20-19-14(11-12-26-20)7-5-8-18(19)22/h5,7-13H,2-4,6H2,1H3. The zero-order valence-corrected chi connectivity index (χ0v) is 14.4. The number of alkyl halides is 3. The molecule has 3 aromatic rings. The van der Waals surface area contributed by atoms with Crippen LogP contribution in [0.2, 0.25) is 0 Å². The number of hydrogen-bond acceptors (Lipinski definition) is 1. The maximum Gasteiger partial charge on any atom is 0.416 e. The fourth-order valence-corrected chi connectivity index (χ4v) is 3.19. The van der Waals surface area contributed by atoms with Crippen molar-refractivity contribution in [3.8, 4) is 11.3 Å². The smallest absolute Gasteiger partial charge is 0.255 e. The Balaban J connectivity index is 2.13. The molecule has 1 heterocycles. The highest BCUT2D eigenvalue weighted by Gasteiger charge is 2.33. The Morgan fingerprint density at radius 3 is 2.54 bits per heavy atom. The Bertz CT molecular complexity index is 910. The molecular weight excluding hydrogens is 342 g/mol. The van der Waals surface area contributed by atoms with E-state index in [-0.39, 0.29) is 5.56 Å². The van der Waals surface area contributed by atoms with E-state index in [4.69, 9.17) is 0 Å². The first-order valence-corrected chi connectivity index (χ1v) is 8.65. The molecule has 0 saturated carbocycles. The number of benzene rings is 2. The van der Waals surface area contributed by atoms with Crippen molar-refractivity contribution in [1.29, 1.82) is 0 Å². The summed E-state index contributed by atoms with van der Waals surface area (Å²) in [5.74, 6) is -0.432. The molecule has 0 bridgehead atoms. The van der Waals surface area contributed by atoms with E-state index in [0.29, 0.717) is 34.9 Å². The Morgan fingerprint density at radius 1 is 1.00 bits per heavy atom. The zero-order valence-electron chi connectivity index (χ0n) is 14.4. The van der Waals surface area contributed by atoms with E-state index < -0.39 is 17.6 Å². The van der Waals surface area contributed by atoms with E-state index in [1.807, 2.05) is 6.92 Å². The lowest BCUT2D eigenvalue weighted by Crippen LogP contribution is -2.09. The van der Waals surface area contributed by atoms with Gasteiger partial charge in [-0.2, -0.15) is 13.2 Å². The van der Waals surface area contributed by atoms with Gasteiger partial charge in [0.05, 0.1) is 11.3 Å². The number of unbranched alkanes of at least 4 members (excludes halogenated alkanes) is 2. The van der Waals surface area contributed by atoms with Gasteiger partial charge in [-0.15, -0.1) is 0 Å². The van der Waals surface area contributed by atoms with Crippen LogP contribution in [0.5, 0.6) is 0 Å². The fourth-order valence-electron chi connectivity index (χ4n) is 3.19. The molecule has 0 amide bonds. The number of nitrogens with zero attached hydrogens (tertiary/aromatic N) is 1. The largest absolute Gasteiger partial charge is 0.416 e. The number of halogens is 4. The van der Waals surface area contributed by atoms with Gasteiger partial charge in [-0.3, -0.25) is 4.98 Å². The predicted molar refractivity (Wildman–Crippen MR) is 95.4 cm³/mol. The lowest BCUT2D eigenvalue weighted by Gasteiger charge is -2.15. The fraction of sp³-hybridized carbons (Fsp3) is 0.286. The van der Waals surface area contributed by atoms with Crippen molar-refractivity contribution in [2.75, 3.05) is 0 Å². The van der Waals surface area contributed by atoms with E-state index in [0.717, 1.165) is 18.9 Å². The third-order valence-corrected chi connectivity index (χ3v) is 4.47. The van der Waals surface area contributed by atoms with Gasteiger partial charge >= 0.3 is 6.18 Å². The molecule has 0 unspecified atom stereocenters. The van der Waals surface area contributed by atoms with Crippen LogP contribution in [-0.2, 0) is 12.6 Å². The predicted octanol–water partition coefficient (Wildman–Crippen LogP) is 6.79. The van der Waals surface area contributed by atoms with Gasteiger partial charge in [-0.05, 0) is 48.1 Å². The Morgan fingerprint density at radius 2 is 1.81 bits per heavy atom. The normalized spacial score (nSPS) is 11.9. The summed E-state index contributed by atoms with van der Waals surface area (Å²) in [6.45, 7) is 2.00. The molecule has 0 aliphatic rings. The van der Waals surface area contributed by atoms with Crippen molar-refractivity contribution in [3.05, 3.63) is 65.6 Å². The summed E-state index contributed by atoms with van der Waals surface area (Å²) in [6, 6.07) is 10.3. The van der Waals surface area contributed by atoms with Crippen LogP contribution < -0.4 is 0 Å². The second-order valence-electron chi connectivity index (χ2n) is 6.32. The summed E-state index contributed by atoms with van der Waals surface area (Å²) >= 11 is 0. The van der Waals surface area contributed by atoms with Gasteiger partial charge in [0, 0.05) is 17.1 Å². The van der Waals surface area contributed by atoms with Gasteiger partial charge < -0.3 is 0 Å². The highest BCUT2D eigenvalue weighted by Crippen LogP contribution is 2.36. The average molecular weight is 361 g/mol. The third kappa shape index (κ3) is 3.71. The molecule has 0 spiro atoms. The van der Waals surface area contributed by atoms with Gasteiger partial charge in [0.25, 0.3) is 0 Å². The first-order valence-electron chi connectivity index (χ1n) is 8.65. The minimum Gasteiger partial charge on any atom is -0.255 e. The van der Waals surface area contributed by atoms with E-state index in [2.05, 4.69) is 4.98 Å². The minimum atomic E-state index is -4.41. The maximum atomic E-state index is 14.3. The van der Waals surface area contributed by atoms with E-state index in [1.165, 1.54) is 18.2 Å². The molecule has 0 fully saturated rings. The molecule has 0 aliphatic carbocycles. The molecule has 0 saturated heterocycles. The van der Waals surface area contributed by atoms with Crippen LogP contribution >= 0.6 is 0 Å². The summed E-state index contributed by atoms with van der Waals surface area (Å²) in [5.41, 5.74) is 0.475. The highest BCUT2D eigenvalue weighted by atomic mass is 19.4. The topological polar surface area (TPSA) is 12.9 Å². The Hall–Kier alpha value is -2.43.